The van der Waals surface area contributed by atoms with E-state index in [1.807, 2.05) is 6.07 Å². The van der Waals surface area contributed by atoms with Gasteiger partial charge in [-0.25, -0.2) is 0 Å². The summed E-state index contributed by atoms with van der Waals surface area (Å²) in [6.07, 6.45) is -8.13. The van der Waals surface area contributed by atoms with Gasteiger partial charge < -0.3 is 74.0 Å². The molecule has 5 rings (SSSR count). The summed E-state index contributed by atoms with van der Waals surface area (Å²) >= 11 is 0. The van der Waals surface area contributed by atoms with Gasteiger partial charge in [-0.05, 0) is 35.4 Å². The molecule has 254 valence electrons. The molecule has 0 spiro atoms. The van der Waals surface area contributed by atoms with E-state index < -0.39 is 80.5 Å². The zero-order chi connectivity index (χ0) is 33.2. The first-order valence-electron chi connectivity index (χ1n) is 14.6. The number of fused-ring (bicyclic) bond motifs is 1. The molecule has 15 nitrogen and oxygen atoms in total. The van der Waals surface area contributed by atoms with Crippen LogP contribution in [0.25, 0.3) is 6.08 Å². The number of hydrogen-bond acceptors (Lipinski definition) is 15. The second-order valence-corrected chi connectivity index (χ2v) is 11.3. The van der Waals surface area contributed by atoms with Crippen LogP contribution in [-0.4, -0.2) is 137 Å². The van der Waals surface area contributed by atoms with E-state index in [1.54, 1.807) is 36.4 Å². The largest absolute Gasteiger partial charge is 0.493 e. The van der Waals surface area contributed by atoms with Gasteiger partial charge >= 0.3 is 0 Å². The van der Waals surface area contributed by atoms with Crippen molar-refractivity contribution in [1.29, 1.82) is 0 Å². The minimum absolute atomic E-state index is 0.106. The number of benzene rings is 2. The SMILES string of the molecule is COc1cc(C2Oc3c(OC)cc(/C=C/CO)cc3C2CO)ccc1OC1OC(CO)C(O)C(O)C1OC1OCC(O)(CO)C1O. The predicted octanol–water partition coefficient (Wildman–Crippen LogP) is -1.44. The van der Waals surface area contributed by atoms with Crippen molar-refractivity contribution in [2.24, 2.45) is 0 Å². The van der Waals surface area contributed by atoms with Crippen molar-refractivity contribution >= 4 is 6.08 Å². The molecule has 0 aromatic heterocycles. The number of ether oxygens (including phenoxy) is 7. The van der Waals surface area contributed by atoms with Gasteiger partial charge in [-0.2, -0.15) is 0 Å². The number of rotatable bonds is 12. The van der Waals surface area contributed by atoms with Crippen molar-refractivity contribution in [3.05, 3.63) is 53.1 Å². The van der Waals surface area contributed by atoms with E-state index in [4.69, 9.17) is 33.2 Å². The second-order valence-electron chi connectivity index (χ2n) is 11.3. The lowest BCUT2D eigenvalue weighted by Gasteiger charge is -2.42. The van der Waals surface area contributed by atoms with Gasteiger partial charge in [0.15, 0.2) is 35.4 Å². The fourth-order valence-corrected chi connectivity index (χ4v) is 5.79. The minimum atomic E-state index is -2.01. The zero-order valence-corrected chi connectivity index (χ0v) is 25.2. The third kappa shape index (κ3) is 6.41. The summed E-state index contributed by atoms with van der Waals surface area (Å²) in [5.74, 6) is 0.739. The monoisotopic (exact) mass is 652 g/mol. The van der Waals surface area contributed by atoms with Crippen LogP contribution in [0.5, 0.6) is 23.0 Å². The molecule has 0 aliphatic carbocycles. The van der Waals surface area contributed by atoms with Crippen molar-refractivity contribution in [3.63, 3.8) is 0 Å². The molecule has 3 heterocycles. The summed E-state index contributed by atoms with van der Waals surface area (Å²) in [5.41, 5.74) is 0.0678. The van der Waals surface area contributed by atoms with Crippen molar-refractivity contribution in [3.8, 4) is 23.0 Å². The maximum Gasteiger partial charge on any atom is 0.229 e. The second kappa shape index (κ2) is 14.4. The molecule has 10 unspecified atom stereocenters. The molecule has 8 N–H and O–H groups in total. The van der Waals surface area contributed by atoms with E-state index in [2.05, 4.69) is 0 Å². The lowest BCUT2D eigenvalue weighted by atomic mass is 9.90. The molecule has 46 heavy (non-hydrogen) atoms. The van der Waals surface area contributed by atoms with Crippen LogP contribution in [0, 0.1) is 0 Å². The zero-order valence-electron chi connectivity index (χ0n) is 25.2. The van der Waals surface area contributed by atoms with E-state index >= 15 is 0 Å². The molecule has 2 aromatic rings. The van der Waals surface area contributed by atoms with E-state index in [-0.39, 0.29) is 24.7 Å². The standard InChI is InChI=1S/C31H40O15/c1-40-20-10-16(25-18(11-33)17-8-15(4-3-7-32)9-21(41-2)26(17)45-25)5-6-19(20)43-29-27(24(37)23(36)22(12-34)44-29)46-30-28(38)31(39,13-35)14-42-30/h3-6,8-10,18,22-25,27-30,32-39H,7,11-14H2,1-2H3/b4-3+. The third-order valence-electron chi connectivity index (χ3n) is 8.40. The van der Waals surface area contributed by atoms with Gasteiger partial charge in [0, 0.05) is 5.56 Å². The van der Waals surface area contributed by atoms with Crippen molar-refractivity contribution in [2.45, 2.75) is 60.7 Å². The topological polar surface area (TPSA) is 226 Å². The van der Waals surface area contributed by atoms with Crippen molar-refractivity contribution in [1.82, 2.24) is 0 Å². The molecule has 0 saturated carbocycles. The highest BCUT2D eigenvalue weighted by molar-refractivity contribution is 5.62. The molecule has 0 radical (unpaired) electrons. The number of aliphatic hydroxyl groups excluding tert-OH is 7. The fourth-order valence-electron chi connectivity index (χ4n) is 5.79. The molecular formula is C31H40O15. The van der Waals surface area contributed by atoms with E-state index in [1.165, 1.54) is 14.2 Å². The maximum absolute atomic E-state index is 10.9. The number of hydrogen-bond donors (Lipinski definition) is 8. The highest BCUT2D eigenvalue weighted by Crippen LogP contribution is 2.51. The average Bonchev–Trinajstić information content (AvgIpc) is 3.59. The molecule has 3 aliphatic rings. The maximum atomic E-state index is 10.9. The van der Waals surface area contributed by atoms with Gasteiger partial charge in [0.1, 0.15) is 36.1 Å². The first-order valence-corrected chi connectivity index (χ1v) is 14.6. The third-order valence-corrected chi connectivity index (χ3v) is 8.40. The van der Waals surface area contributed by atoms with E-state index in [9.17, 15) is 40.9 Å². The van der Waals surface area contributed by atoms with Gasteiger partial charge in [-0.1, -0.05) is 18.2 Å². The number of aliphatic hydroxyl groups is 8. The summed E-state index contributed by atoms with van der Waals surface area (Å²) in [5, 5.41) is 81.0. The van der Waals surface area contributed by atoms with Crippen LogP contribution in [0.1, 0.15) is 28.7 Å². The van der Waals surface area contributed by atoms with Crippen molar-refractivity contribution in [2.75, 3.05) is 47.3 Å². The molecule has 2 aromatic carbocycles. The van der Waals surface area contributed by atoms with Gasteiger partial charge in [0.2, 0.25) is 6.29 Å². The van der Waals surface area contributed by atoms with Crippen LogP contribution in [-0.2, 0) is 14.2 Å². The van der Waals surface area contributed by atoms with Crippen LogP contribution in [0.15, 0.2) is 36.4 Å². The first-order chi connectivity index (χ1) is 22.1. The Labute approximate surface area is 264 Å². The average molecular weight is 653 g/mol. The van der Waals surface area contributed by atoms with Crippen LogP contribution in [0.4, 0.5) is 0 Å². The Morgan fingerprint density at radius 3 is 2.30 bits per heavy atom. The smallest absolute Gasteiger partial charge is 0.229 e. The van der Waals surface area contributed by atoms with Crippen LogP contribution >= 0.6 is 0 Å². The normalized spacial score (nSPS) is 34.0. The molecule has 3 aliphatic heterocycles. The predicted molar refractivity (Wildman–Crippen MR) is 156 cm³/mol. The van der Waals surface area contributed by atoms with Crippen LogP contribution in [0.2, 0.25) is 0 Å². The Bertz CT molecular complexity index is 1370. The van der Waals surface area contributed by atoms with E-state index in [0.29, 0.717) is 22.6 Å². The molecule has 0 bridgehead atoms. The summed E-state index contributed by atoms with van der Waals surface area (Å²) in [6, 6.07) is 8.46. The molecule has 2 fully saturated rings. The van der Waals surface area contributed by atoms with Crippen molar-refractivity contribution < 1.29 is 74.0 Å². The molecule has 2 saturated heterocycles. The van der Waals surface area contributed by atoms with Gasteiger partial charge in [0.25, 0.3) is 0 Å². The molecular weight excluding hydrogens is 612 g/mol. The highest BCUT2D eigenvalue weighted by Gasteiger charge is 2.53. The highest BCUT2D eigenvalue weighted by atomic mass is 16.8. The first kappa shape index (κ1) is 34.3. The Morgan fingerprint density at radius 2 is 1.67 bits per heavy atom. The molecule has 0 amide bonds. The summed E-state index contributed by atoms with van der Waals surface area (Å²) in [7, 11) is 2.90. The van der Waals surface area contributed by atoms with Crippen LogP contribution in [0.3, 0.4) is 0 Å². The Kier molecular flexibility index (Phi) is 10.7. The lowest BCUT2D eigenvalue weighted by Crippen LogP contribution is -2.62. The number of methoxy groups -OCH3 is 2. The minimum Gasteiger partial charge on any atom is -0.493 e. The van der Waals surface area contributed by atoms with Crippen LogP contribution < -0.4 is 18.9 Å². The molecule has 10 atom stereocenters. The van der Waals surface area contributed by atoms with E-state index in [0.717, 1.165) is 5.56 Å². The fraction of sp³-hybridized carbons (Fsp3) is 0.548. The Hall–Kier alpha value is -3.06. The Morgan fingerprint density at radius 1 is 0.913 bits per heavy atom. The summed E-state index contributed by atoms with van der Waals surface area (Å²) < 4.78 is 40.2. The molecule has 15 heteroatoms. The summed E-state index contributed by atoms with van der Waals surface area (Å²) in [6.45, 7) is -2.35. The summed E-state index contributed by atoms with van der Waals surface area (Å²) in [4.78, 5) is 0. The quantitative estimate of drug-likeness (QED) is 0.131. The van der Waals surface area contributed by atoms with Gasteiger partial charge in [0.05, 0.1) is 53.2 Å². The Balaban J connectivity index is 1.41. The lowest BCUT2D eigenvalue weighted by molar-refractivity contribution is -0.319. The van der Waals surface area contributed by atoms with Gasteiger partial charge in [-0.15, -0.1) is 0 Å². The van der Waals surface area contributed by atoms with Gasteiger partial charge in [-0.3, -0.25) is 0 Å².